The summed E-state index contributed by atoms with van der Waals surface area (Å²) in [4.78, 5) is 0. The summed E-state index contributed by atoms with van der Waals surface area (Å²) >= 11 is 0. The molecule has 0 aliphatic rings. The fourth-order valence-electron chi connectivity index (χ4n) is 2.05. The first-order valence-electron chi connectivity index (χ1n) is 7.77. The Labute approximate surface area is 163 Å². The van der Waals surface area contributed by atoms with E-state index in [9.17, 15) is 43.2 Å². The largest absolute Gasteiger partial charge is 0.480 e. The molecule has 0 spiro atoms. The van der Waals surface area contributed by atoms with Gasteiger partial charge in [-0.2, -0.15) is 30.9 Å². The van der Waals surface area contributed by atoms with Crippen LogP contribution in [0.5, 0.6) is 0 Å². The van der Waals surface area contributed by atoms with Gasteiger partial charge in [0.15, 0.2) is 26.2 Å². The van der Waals surface area contributed by atoms with E-state index < -0.39 is 31.1 Å². The molecule has 0 amide bonds. The topological polar surface area (TPSA) is 86.3 Å². The van der Waals surface area contributed by atoms with Crippen LogP contribution in [0.15, 0.2) is 36.5 Å². The van der Waals surface area contributed by atoms with E-state index in [0.29, 0.717) is 0 Å². The molecule has 0 aliphatic heterocycles. The van der Waals surface area contributed by atoms with Crippen molar-refractivity contribution >= 4 is 30.9 Å². The molecule has 0 saturated carbocycles. The molecule has 0 fully saturated rings. The van der Waals surface area contributed by atoms with E-state index in [-0.39, 0.29) is 0 Å². The van der Waals surface area contributed by atoms with E-state index in [1.807, 2.05) is 0 Å². The van der Waals surface area contributed by atoms with E-state index in [0.717, 1.165) is 10.7 Å². The van der Waals surface area contributed by atoms with Crippen molar-refractivity contribution in [3.05, 3.63) is 46.2 Å². The number of alkyl halides is 6. The third-order valence-electron chi connectivity index (χ3n) is 3.28. The van der Waals surface area contributed by atoms with E-state index in [4.69, 9.17) is 0 Å². The molecule has 0 aliphatic carbocycles. The van der Waals surface area contributed by atoms with Gasteiger partial charge in [0.1, 0.15) is 6.54 Å². The lowest BCUT2D eigenvalue weighted by Crippen LogP contribution is -2.33. The van der Waals surface area contributed by atoms with Crippen LogP contribution in [0, 0.1) is 6.92 Å². The van der Waals surface area contributed by atoms with Crippen LogP contribution in [0.25, 0.3) is 15.0 Å². The third kappa shape index (κ3) is 6.54. The van der Waals surface area contributed by atoms with Crippen molar-refractivity contribution in [2.75, 3.05) is 0 Å². The van der Waals surface area contributed by atoms with Crippen LogP contribution in [0.4, 0.5) is 26.3 Å². The Kier molecular flexibility index (Phi) is 7.65. The fraction of sp³-hybridized carbons (Fsp3) is 0.400. The average molecular weight is 466 g/mol. The first-order valence-corrected chi connectivity index (χ1v) is 10.7. The molecule has 0 bridgehead atoms. The third-order valence-corrected chi connectivity index (χ3v) is 6.02. The Hall–Kier alpha value is -1.93. The number of nitrogens with zero attached hydrogens (tertiary/aromatic N) is 2. The standard InChI is InChI=1S/C13H16N.C2F6NO4S2/c1-3-8-14-9-4-5-12-10-11(2)6-7-13(12)14;3-1(4,5)14(10,11)9-15(12,13)2(6,7)8/h4-7,9-10H,3,8H2,1-2H3;/q+1;-1. The zero-order chi connectivity index (χ0) is 22.7. The van der Waals surface area contributed by atoms with Gasteiger partial charge in [-0.25, -0.2) is 16.8 Å². The minimum atomic E-state index is -6.72. The first kappa shape index (κ1) is 25.1. The Balaban J connectivity index is 0.000000290. The SMILES string of the molecule is CCC[n+]1cccc2cc(C)ccc21.O=S(=O)([N-]S(=O)(=O)C(F)(F)F)C(F)(F)F. The van der Waals surface area contributed by atoms with Gasteiger partial charge in [0.05, 0.1) is 0 Å². The second-order valence-electron chi connectivity index (χ2n) is 5.68. The summed E-state index contributed by atoms with van der Waals surface area (Å²) in [5.74, 6) is 0. The highest BCUT2D eigenvalue weighted by atomic mass is 32.3. The van der Waals surface area contributed by atoms with E-state index in [1.54, 1.807) is 0 Å². The maximum atomic E-state index is 11.4. The van der Waals surface area contributed by atoms with Crippen LogP contribution in [0.1, 0.15) is 18.9 Å². The molecule has 0 saturated heterocycles. The van der Waals surface area contributed by atoms with Crippen molar-refractivity contribution in [1.29, 1.82) is 0 Å². The molecule has 0 atom stereocenters. The Bertz CT molecular complexity index is 1020. The minimum absolute atomic E-state index is 0.778. The fourth-order valence-corrected chi connectivity index (χ4v) is 3.76. The number of halogens is 6. The predicted molar refractivity (Wildman–Crippen MR) is 92.5 cm³/mol. The van der Waals surface area contributed by atoms with Gasteiger partial charge >= 0.3 is 11.0 Å². The van der Waals surface area contributed by atoms with Crippen molar-refractivity contribution < 1.29 is 47.7 Å². The van der Waals surface area contributed by atoms with Gasteiger partial charge < -0.3 is 4.13 Å². The lowest BCUT2D eigenvalue weighted by atomic mass is 10.1. The summed E-state index contributed by atoms with van der Waals surface area (Å²) in [6.45, 7) is 5.44. The molecule has 164 valence electrons. The van der Waals surface area contributed by atoms with E-state index >= 15 is 0 Å². The Morgan fingerprint density at radius 2 is 1.45 bits per heavy atom. The number of benzene rings is 1. The highest BCUT2D eigenvalue weighted by molar-refractivity contribution is 8.13. The molecule has 1 aromatic heterocycles. The van der Waals surface area contributed by atoms with Crippen LogP contribution in [0.3, 0.4) is 0 Å². The lowest BCUT2D eigenvalue weighted by Gasteiger charge is -2.22. The zero-order valence-corrected chi connectivity index (χ0v) is 16.6. The van der Waals surface area contributed by atoms with Crippen LogP contribution < -0.4 is 4.57 Å². The number of hydrogen-bond donors (Lipinski definition) is 0. The monoisotopic (exact) mass is 466 g/mol. The van der Waals surface area contributed by atoms with E-state index in [2.05, 4.69) is 54.9 Å². The van der Waals surface area contributed by atoms with Crippen molar-refractivity contribution in [2.45, 2.75) is 37.8 Å². The van der Waals surface area contributed by atoms with Crippen LogP contribution >= 0.6 is 0 Å². The molecule has 14 heteroatoms. The number of hydrogen-bond acceptors (Lipinski definition) is 4. The quantitative estimate of drug-likeness (QED) is 0.505. The second-order valence-corrected chi connectivity index (χ2v) is 9.10. The lowest BCUT2D eigenvalue weighted by molar-refractivity contribution is -0.671. The summed E-state index contributed by atoms with van der Waals surface area (Å²) in [6, 6.07) is 10.9. The summed E-state index contributed by atoms with van der Waals surface area (Å²) in [7, 11) is -13.4. The highest BCUT2D eigenvalue weighted by Crippen LogP contribution is 2.36. The molecule has 6 nitrogen and oxygen atoms in total. The van der Waals surface area contributed by atoms with Crippen LogP contribution in [-0.2, 0) is 26.6 Å². The van der Waals surface area contributed by atoms with Gasteiger partial charge in [0, 0.05) is 23.9 Å². The van der Waals surface area contributed by atoms with Gasteiger partial charge in [0.25, 0.3) is 0 Å². The van der Waals surface area contributed by atoms with Crippen molar-refractivity contribution in [3.8, 4) is 0 Å². The smallest absolute Gasteiger partial charge is 0.421 e. The van der Waals surface area contributed by atoms with Crippen LogP contribution in [0.2, 0.25) is 0 Å². The summed E-state index contributed by atoms with van der Waals surface area (Å²) in [6.07, 6.45) is 3.33. The van der Waals surface area contributed by atoms with Crippen molar-refractivity contribution in [2.24, 2.45) is 0 Å². The van der Waals surface area contributed by atoms with Gasteiger partial charge in [-0.1, -0.05) is 18.6 Å². The molecule has 2 rings (SSSR count). The van der Waals surface area contributed by atoms with E-state index in [1.165, 1.54) is 22.9 Å². The van der Waals surface area contributed by atoms with Gasteiger partial charge in [-0.05, 0) is 19.1 Å². The average Bonchev–Trinajstić information content (AvgIpc) is 2.52. The molecule has 2 aromatic rings. The minimum Gasteiger partial charge on any atom is -0.421 e. The molecule has 0 N–H and O–H groups in total. The van der Waals surface area contributed by atoms with Gasteiger partial charge in [-0.3, -0.25) is 0 Å². The molecule has 0 radical (unpaired) electrons. The molecule has 1 aromatic carbocycles. The molecule has 29 heavy (non-hydrogen) atoms. The number of aromatic nitrogens is 1. The number of fused-ring (bicyclic) bond motifs is 1. The number of sulfonamides is 2. The Morgan fingerprint density at radius 3 is 1.90 bits per heavy atom. The van der Waals surface area contributed by atoms with Gasteiger partial charge in [0.2, 0.25) is 5.52 Å². The molecular formula is C15H16F6N2O4S2. The zero-order valence-electron chi connectivity index (χ0n) is 15.0. The maximum absolute atomic E-state index is 11.4. The summed E-state index contributed by atoms with van der Waals surface area (Å²) in [5, 5.41) is 1.33. The van der Waals surface area contributed by atoms with Crippen molar-refractivity contribution in [1.82, 2.24) is 0 Å². The molecular weight excluding hydrogens is 450 g/mol. The highest BCUT2D eigenvalue weighted by Gasteiger charge is 2.46. The molecule has 1 heterocycles. The van der Waals surface area contributed by atoms with Crippen LogP contribution in [-0.4, -0.2) is 27.9 Å². The molecule has 0 unspecified atom stereocenters. The van der Waals surface area contributed by atoms with Crippen molar-refractivity contribution in [3.63, 3.8) is 0 Å². The van der Waals surface area contributed by atoms with Gasteiger partial charge in [-0.15, -0.1) is 0 Å². The predicted octanol–water partition coefficient (Wildman–Crippen LogP) is 3.91. The normalized spacial score (nSPS) is 13.1. The first-order chi connectivity index (χ1) is 13.0. The number of rotatable bonds is 4. The summed E-state index contributed by atoms with van der Waals surface area (Å²) in [5.41, 5.74) is -9.75. The number of pyridine rings is 1. The number of aryl methyl sites for hydroxylation is 2. The second kappa shape index (κ2) is 8.83. The maximum Gasteiger partial charge on any atom is 0.480 e. The summed E-state index contributed by atoms with van der Waals surface area (Å²) < 4.78 is 111. The Morgan fingerprint density at radius 1 is 0.931 bits per heavy atom.